The largest absolute Gasteiger partial charge is 0.316 e. The van der Waals surface area contributed by atoms with Crippen LogP contribution in [0.1, 0.15) is 47.0 Å². The Bertz CT molecular complexity index is 173. The average molecular weight is 212 g/mol. The van der Waals surface area contributed by atoms with Crippen LogP contribution in [0.5, 0.6) is 0 Å². The second-order valence-corrected chi connectivity index (χ2v) is 5.41. The third-order valence-corrected chi connectivity index (χ3v) is 3.89. The van der Waals surface area contributed by atoms with Crippen molar-refractivity contribution in [3.05, 3.63) is 0 Å². The maximum Gasteiger partial charge on any atom is 0.00644 e. The summed E-state index contributed by atoms with van der Waals surface area (Å²) in [5, 5.41) is 3.54. The van der Waals surface area contributed by atoms with Gasteiger partial charge < -0.3 is 10.2 Å². The van der Waals surface area contributed by atoms with Crippen molar-refractivity contribution < 1.29 is 0 Å². The van der Waals surface area contributed by atoms with Gasteiger partial charge in [-0.15, -0.1) is 0 Å². The molecular weight excluding hydrogens is 184 g/mol. The highest BCUT2D eigenvalue weighted by atomic mass is 15.2. The van der Waals surface area contributed by atoms with Gasteiger partial charge in [-0.1, -0.05) is 20.8 Å². The first-order valence-electron chi connectivity index (χ1n) is 6.56. The van der Waals surface area contributed by atoms with E-state index in [1.165, 1.54) is 45.4 Å². The van der Waals surface area contributed by atoms with E-state index in [9.17, 15) is 0 Å². The van der Waals surface area contributed by atoms with Crippen molar-refractivity contribution in [1.82, 2.24) is 10.2 Å². The smallest absolute Gasteiger partial charge is 0.00644 e. The minimum Gasteiger partial charge on any atom is -0.316 e. The van der Waals surface area contributed by atoms with Gasteiger partial charge in [0.05, 0.1) is 0 Å². The molecule has 2 heteroatoms. The van der Waals surface area contributed by atoms with Crippen molar-refractivity contribution in [2.24, 2.45) is 5.41 Å². The zero-order valence-corrected chi connectivity index (χ0v) is 11.0. The number of piperidine rings is 1. The summed E-state index contributed by atoms with van der Waals surface area (Å²) >= 11 is 0. The summed E-state index contributed by atoms with van der Waals surface area (Å²) in [6, 6.07) is 0.730. The summed E-state index contributed by atoms with van der Waals surface area (Å²) in [5.74, 6) is 0. The fourth-order valence-electron chi connectivity index (χ4n) is 2.58. The van der Waals surface area contributed by atoms with Crippen LogP contribution >= 0.6 is 0 Å². The van der Waals surface area contributed by atoms with Gasteiger partial charge in [-0.25, -0.2) is 0 Å². The first kappa shape index (κ1) is 13.0. The van der Waals surface area contributed by atoms with Crippen molar-refractivity contribution in [1.29, 1.82) is 0 Å². The fourth-order valence-corrected chi connectivity index (χ4v) is 2.58. The molecule has 0 amide bonds. The van der Waals surface area contributed by atoms with Crippen LogP contribution < -0.4 is 5.32 Å². The molecule has 1 heterocycles. The Morgan fingerprint density at radius 2 is 2.13 bits per heavy atom. The van der Waals surface area contributed by atoms with E-state index in [0.717, 1.165) is 6.04 Å². The topological polar surface area (TPSA) is 15.3 Å². The van der Waals surface area contributed by atoms with Crippen LogP contribution in [0.3, 0.4) is 0 Å². The molecule has 15 heavy (non-hydrogen) atoms. The van der Waals surface area contributed by atoms with E-state index in [1.54, 1.807) is 0 Å². The van der Waals surface area contributed by atoms with Gasteiger partial charge in [0.25, 0.3) is 0 Å². The molecule has 0 bridgehead atoms. The third-order valence-electron chi connectivity index (χ3n) is 3.89. The number of rotatable bonds is 5. The van der Waals surface area contributed by atoms with Gasteiger partial charge in [0, 0.05) is 19.1 Å². The molecular formula is C13H28N2. The second-order valence-electron chi connectivity index (χ2n) is 5.41. The number of hydrogen-bond donors (Lipinski definition) is 1. The summed E-state index contributed by atoms with van der Waals surface area (Å²) in [6.45, 7) is 14.2. The molecule has 0 aliphatic carbocycles. The van der Waals surface area contributed by atoms with Gasteiger partial charge in [-0.05, 0) is 44.7 Å². The molecule has 0 aromatic rings. The summed E-state index contributed by atoms with van der Waals surface area (Å²) in [5.41, 5.74) is 0.498. The molecule has 1 aliphatic rings. The van der Waals surface area contributed by atoms with Gasteiger partial charge in [0.15, 0.2) is 0 Å². The van der Waals surface area contributed by atoms with Gasteiger partial charge in [-0.3, -0.25) is 0 Å². The molecule has 90 valence electrons. The average Bonchev–Trinajstić information content (AvgIpc) is 2.26. The Balaban J connectivity index is 2.48. The van der Waals surface area contributed by atoms with Crippen LogP contribution in [0, 0.1) is 5.41 Å². The summed E-state index contributed by atoms with van der Waals surface area (Å²) in [6.07, 6.45) is 3.98. The monoisotopic (exact) mass is 212 g/mol. The van der Waals surface area contributed by atoms with Gasteiger partial charge in [-0.2, -0.15) is 0 Å². The van der Waals surface area contributed by atoms with E-state index in [1.807, 2.05) is 0 Å². The zero-order chi connectivity index (χ0) is 11.3. The maximum absolute atomic E-state index is 3.54. The minimum atomic E-state index is 0.498. The SMILES string of the molecule is CCC(C)N(CC)CC1(C)CCCNC1. The molecule has 1 saturated heterocycles. The number of nitrogens with one attached hydrogen (secondary N) is 1. The molecule has 2 nitrogen and oxygen atoms in total. The summed E-state index contributed by atoms with van der Waals surface area (Å²) in [4.78, 5) is 2.63. The van der Waals surface area contributed by atoms with Gasteiger partial charge in [0.2, 0.25) is 0 Å². The quantitative estimate of drug-likeness (QED) is 0.753. The lowest BCUT2D eigenvalue weighted by Crippen LogP contribution is -2.48. The molecule has 0 aromatic heterocycles. The molecule has 1 aliphatic heterocycles. The van der Waals surface area contributed by atoms with E-state index in [2.05, 4.69) is 37.9 Å². The summed E-state index contributed by atoms with van der Waals surface area (Å²) < 4.78 is 0. The Kier molecular flexibility index (Phi) is 5.07. The first-order chi connectivity index (χ1) is 7.11. The van der Waals surface area contributed by atoms with E-state index in [-0.39, 0.29) is 0 Å². The van der Waals surface area contributed by atoms with Crippen molar-refractivity contribution >= 4 is 0 Å². The lowest BCUT2D eigenvalue weighted by atomic mass is 9.82. The van der Waals surface area contributed by atoms with Gasteiger partial charge in [0.1, 0.15) is 0 Å². The molecule has 1 fully saturated rings. The van der Waals surface area contributed by atoms with Crippen molar-refractivity contribution in [3.63, 3.8) is 0 Å². The van der Waals surface area contributed by atoms with E-state index in [0.29, 0.717) is 5.41 Å². The standard InChI is InChI=1S/C13H28N2/c1-5-12(3)15(6-2)11-13(4)8-7-9-14-10-13/h12,14H,5-11H2,1-4H3. The molecule has 2 atom stereocenters. The number of nitrogens with zero attached hydrogens (tertiary/aromatic N) is 1. The minimum absolute atomic E-state index is 0.498. The third kappa shape index (κ3) is 3.76. The van der Waals surface area contributed by atoms with Crippen LogP contribution in [-0.2, 0) is 0 Å². The Morgan fingerprint density at radius 1 is 1.40 bits per heavy atom. The van der Waals surface area contributed by atoms with E-state index < -0.39 is 0 Å². The maximum atomic E-state index is 3.54. The predicted molar refractivity (Wildman–Crippen MR) is 67.2 cm³/mol. The normalized spacial score (nSPS) is 29.4. The van der Waals surface area contributed by atoms with Crippen molar-refractivity contribution in [2.75, 3.05) is 26.2 Å². The lowest BCUT2D eigenvalue weighted by Gasteiger charge is -2.40. The van der Waals surface area contributed by atoms with E-state index >= 15 is 0 Å². The molecule has 0 saturated carbocycles. The fraction of sp³-hybridized carbons (Fsp3) is 1.00. The highest BCUT2D eigenvalue weighted by molar-refractivity contribution is 4.85. The van der Waals surface area contributed by atoms with Crippen LogP contribution in [0.4, 0.5) is 0 Å². The second kappa shape index (κ2) is 5.86. The molecule has 1 N–H and O–H groups in total. The Morgan fingerprint density at radius 3 is 2.60 bits per heavy atom. The van der Waals surface area contributed by atoms with Crippen LogP contribution in [0.15, 0.2) is 0 Å². The van der Waals surface area contributed by atoms with Crippen LogP contribution in [0.2, 0.25) is 0 Å². The van der Waals surface area contributed by atoms with Crippen molar-refractivity contribution in [2.45, 2.75) is 53.0 Å². The number of hydrogen-bond acceptors (Lipinski definition) is 2. The van der Waals surface area contributed by atoms with Crippen LogP contribution in [0.25, 0.3) is 0 Å². The van der Waals surface area contributed by atoms with Crippen molar-refractivity contribution in [3.8, 4) is 0 Å². The Hall–Kier alpha value is -0.0800. The van der Waals surface area contributed by atoms with E-state index in [4.69, 9.17) is 0 Å². The lowest BCUT2D eigenvalue weighted by molar-refractivity contribution is 0.107. The molecule has 0 spiro atoms. The highest BCUT2D eigenvalue weighted by Crippen LogP contribution is 2.27. The predicted octanol–water partition coefficient (Wildman–Crippen LogP) is 2.50. The van der Waals surface area contributed by atoms with Gasteiger partial charge >= 0.3 is 0 Å². The summed E-state index contributed by atoms with van der Waals surface area (Å²) in [7, 11) is 0. The molecule has 0 aromatic carbocycles. The molecule has 0 radical (unpaired) electrons. The van der Waals surface area contributed by atoms with Crippen LogP contribution in [-0.4, -0.2) is 37.1 Å². The molecule has 1 rings (SSSR count). The first-order valence-corrected chi connectivity index (χ1v) is 6.56. The Labute approximate surface area is 95.4 Å². The zero-order valence-electron chi connectivity index (χ0n) is 11.0. The highest BCUT2D eigenvalue weighted by Gasteiger charge is 2.29. The molecule has 2 unspecified atom stereocenters.